The molecule has 0 saturated carbocycles. The number of aryl methyl sites for hydroxylation is 3. The summed E-state index contributed by atoms with van der Waals surface area (Å²) in [4.78, 5) is 35.3. The fourth-order valence-corrected chi connectivity index (χ4v) is 8.50. The number of fused-ring (bicyclic) bond motifs is 3. The third kappa shape index (κ3) is 5.31. The molecule has 2 aliphatic rings. The van der Waals surface area contributed by atoms with Crippen molar-refractivity contribution in [2.75, 3.05) is 5.75 Å². The van der Waals surface area contributed by atoms with Gasteiger partial charge in [0.25, 0.3) is 11.5 Å². The van der Waals surface area contributed by atoms with Crippen molar-refractivity contribution < 1.29 is 9.21 Å². The first-order chi connectivity index (χ1) is 21.3. The van der Waals surface area contributed by atoms with Gasteiger partial charge in [0.2, 0.25) is 0 Å². The summed E-state index contributed by atoms with van der Waals surface area (Å²) in [5.74, 6) is 1.12. The quantitative estimate of drug-likeness (QED) is 0.139. The zero-order valence-electron chi connectivity index (χ0n) is 24.7. The molecule has 0 saturated heterocycles. The standard InChI is InChI=1S/C34H31ClN4O3S2/c1-19-6-8-21(3)26(15-19)38-33(41)31-24-13-7-20(2)16-29(24)44-32(31)36-34(38)43-18-30(40)39-27(28-5-4-14-42-28)17-25(37-39)22-9-11-23(35)12-10-22/h4-6,8-12,14-15,20,27H,7,13,16-18H2,1-3H3/t20-,27-/m0/s1. The van der Waals surface area contributed by atoms with Crippen molar-refractivity contribution in [2.24, 2.45) is 11.0 Å². The second-order valence-corrected chi connectivity index (χ2v) is 14.1. The Morgan fingerprint density at radius 2 is 1.95 bits per heavy atom. The number of hydrogen-bond acceptors (Lipinski definition) is 7. The van der Waals surface area contributed by atoms with Crippen LogP contribution in [0.25, 0.3) is 15.9 Å². The van der Waals surface area contributed by atoms with Crippen molar-refractivity contribution in [3.8, 4) is 5.69 Å². The highest BCUT2D eigenvalue weighted by atomic mass is 35.5. The molecule has 2 atom stereocenters. The number of benzene rings is 2. The van der Waals surface area contributed by atoms with E-state index in [2.05, 4.69) is 6.92 Å². The Labute approximate surface area is 268 Å². The van der Waals surface area contributed by atoms with Crippen LogP contribution in [0.15, 0.2) is 80.3 Å². The van der Waals surface area contributed by atoms with Gasteiger partial charge in [-0.3, -0.25) is 14.2 Å². The summed E-state index contributed by atoms with van der Waals surface area (Å²) < 4.78 is 7.44. The summed E-state index contributed by atoms with van der Waals surface area (Å²) in [6.45, 7) is 6.28. The van der Waals surface area contributed by atoms with Crippen LogP contribution in [0.5, 0.6) is 0 Å². The number of thiophene rings is 1. The first-order valence-electron chi connectivity index (χ1n) is 14.7. The molecular weight excluding hydrogens is 612 g/mol. The first kappa shape index (κ1) is 29.1. The third-order valence-electron chi connectivity index (χ3n) is 8.44. The molecule has 224 valence electrons. The Morgan fingerprint density at radius 1 is 1.14 bits per heavy atom. The van der Waals surface area contributed by atoms with Gasteiger partial charge in [-0.25, -0.2) is 9.99 Å². The van der Waals surface area contributed by atoms with Gasteiger partial charge in [0.05, 0.1) is 28.8 Å². The lowest BCUT2D eigenvalue weighted by atomic mass is 9.89. The van der Waals surface area contributed by atoms with Crippen LogP contribution in [0.1, 0.15) is 58.7 Å². The molecule has 0 N–H and O–H groups in total. The molecule has 4 heterocycles. The number of halogens is 1. The monoisotopic (exact) mass is 642 g/mol. The number of aromatic nitrogens is 2. The van der Waals surface area contributed by atoms with Crippen molar-refractivity contribution in [3.63, 3.8) is 0 Å². The molecule has 1 aliphatic carbocycles. The average molecular weight is 643 g/mol. The maximum atomic E-state index is 14.3. The van der Waals surface area contributed by atoms with Crippen LogP contribution in [-0.4, -0.2) is 31.9 Å². The van der Waals surface area contributed by atoms with Crippen LogP contribution in [0.3, 0.4) is 0 Å². The Hall–Kier alpha value is -3.66. The van der Waals surface area contributed by atoms with Crippen molar-refractivity contribution in [2.45, 2.75) is 57.7 Å². The first-order valence-corrected chi connectivity index (χ1v) is 16.9. The Bertz CT molecular complexity index is 1980. The van der Waals surface area contributed by atoms with E-state index in [1.54, 1.807) is 22.2 Å². The summed E-state index contributed by atoms with van der Waals surface area (Å²) in [6.07, 6.45) is 5.05. The summed E-state index contributed by atoms with van der Waals surface area (Å²) >= 11 is 9.01. The predicted octanol–water partition coefficient (Wildman–Crippen LogP) is 7.91. The zero-order valence-corrected chi connectivity index (χ0v) is 27.1. The van der Waals surface area contributed by atoms with E-state index in [0.717, 1.165) is 63.1 Å². The highest BCUT2D eigenvalue weighted by Gasteiger charge is 2.35. The molecule has 0 radical (unpaired) electrons. The third-order valence-corrected chi connectivity index (χ3v) is 10.8. The second kappa shape index (κ2) is 11.7. The van der Waals surface area contributed by atoms with E-state index in [9.17, 15) is 9.59 Å². The van der Waals surface area contributed by atoms with Crippen LogP contribution in [0, 0.1) is 19.8 Å². The lowest BCUT2D eigenvalue weighted by Gasteiger charge is -2.20. The molecule has 7 rings (SSSR count). The van der Waals surface area contributed by atoms with Crippen LogP contribution in [0.2, 0.25) is 5.02 Å². The molecule has 44 heavy (non-hydrogen) atoms. The van der Waals surface area contributed by atoms with Crippen LogP contribution >= 0.6 is 34.7 Å². The SMILES string of the molecule is Cc1ccc(C)c(-n2c(SCC(=O)N3N=C(c4ccc(Cl)cc4)C[C@H]3c3ccco3)nc3sc4c(c3c2=O)CC[C@H](C)C4)c1. The number of carbonyl (C=O) groups excluding carboxylic acids is 1. The topological polar surface area (TPSA) is 80.7 Å². The Morgan fingerprint density at radius 3 is 2.73 bits per heavy atom. The maximum absolute atomic E-state index is 14.3. The van der Waals surface area contributed by atoms with E-state index in [0.29, 0.717) is 28.3 Å². The van der Waals surface area contributed by atoms with Gasteiger partial charge in [0, 0.05) is 16.3 Å². The van der Waals surface area contributed by atoms with E-state index < -0.39 is 0 Å². The van der Waals surface area contributed by atoms with Gasteiger partial charge in [-0.2, -0.15) is 5.10 Å². The van der Waals surface area contributed by atoms with Gasteiger partial charge in [-0.1, -0.05) is 54.6 Å². The number of thioether (sulfide) groups is 1. The minimum atomic E-state index is -0.369. The number of amides is 1. The summed E-state index contributed by atoms with van der Waals surface area (Å²) in [7, 11) is 0. The van der Waals surface area contributed by atoms with Crippen LogP contribution in [-0.2, 0) is 17.6 Å². The van der Waals surface area contributed by atoms with Crippen molar-refractivity contribution in [1.82, 2.24) is 14.6 Å². The average Bonchev–Trinajstić information content (AvgIpc) is 3.76. The van der Waals surface area contributed by atoms with Gasteiger partial charge in [-0.05, 0) is 91.6 Å². The molecule has 1 amide bonds. The molecular formula is C34H31ClN4O3S2. The van der Waals surface area contributed by atoms with E-state index in [1.807, 2.05) is 68.4 Å². The fraction of sp³-hybridized carbons (Fsp3) is 0.294. The molecule has 10 heteroatoms. The predicted molar refractivity (Wildman–Crippen MR) is 178 cm³/mol. The van der Waals surface area contributed by atoms with E-state index in [-0.39, 0.29) is 23.3 Å². The Balaban J connectivity index is 1.27. The number of carbonyl (C=O) groups is 1. The van der Waals surface area contributed by atoms with Crippen LogP contribution < -0.4 is 5.56 Å². The largest absolute Gasteiger partial charge is 0.467 e. The molecule has 1 aliphatic heterocycles. The van der Waals surface area contributed by atoms with E-state index >= 15 is 0 Å². The van der Waals surface area contributed by atoms with Gasteiger partial charge in [0.15, 0.2) is 5.16 Å². The number of nitrogens with zero attached hydrogens (tertiary/aromatic N) is 4. The molecule has 2 aromatic carbocycles. The van der Waals surface area contributed by atoms with E-state index in [4.69, 9.17) is 26.1 Å². The molecule has 5 aromatic rings. The number of furan rings is 1. The lowest BCUT2D eigenvalue weighted by Crippen LogP contribution is -2.29. The molecule has 0 spiro atoms. The smallest absolute Gasteiger partial charge is 0.267 e. The molecule has 0 bridgehead atoms. The summed E-state index contributed by atoms with van der Waals surface area (Å²) in [5, 5.41) is 8.14. The number of hydrogen-bond donors (Lipinski definition) is 0. The van der Waals surface area contributed by atoms with Crippen molar-refractivity contribution >= 4 is 56.5 Å². The maximum Gasteiger partial charge on any atom is 0.267 e. The highest BCUT2D eigenvalue weighted by molar-refractivity contribution is 7.99. The van der Waals surface area contributed by atoms with Gasteiger partial charge < -0.3 is 4.42 Å². The molecule has 0 fully saturated rings. The normalized spacial score (nSPS) is 18.1. The molecule has 0 unspecified atom stereocenters. The number of rotatable bonds is 6. The minimum Gasteiger partial charge on any atom is -0.467 e. The minimum absolute atomic E-state index is 0.0551. The van der Waals surface area contributed by atoms with Crippen LogP contribution in [0.4, 0.5) is 0 Å². The zero-order chi connectivity index (χ0) is 30.5. The fourth-order valence-electron chi connectivity index (χ4n) is 6.09. The van der Waals surface area contributed by atoms with Gasteiger partial charge in [0.1, 0.15) is 16.6 Å². The van der Waals surface area contributed by atoms with Crippen molar-refractivity contribution in [3.05, 3.63) is 109 Å². The summed E-state index contributed by atoms with van der Waals surface area (Å²) in [5.41, 5.74) is 5.58. The lowest BCUT2D eigenvalue weighted by molar-refractivity contribution is -0.130. The van der Waals surface area contributed by atoms with Gasteiger partial charge >= 0.3 is 0 Å². The van der Waals surface area contributed by atoms with Crippen molar-refractivity contribution in [1.29, 1.82) is 0 Å². The Kier molecular flexibility index (Phi) is 7.72. The van der Waals surface area contributed by atoms with Gasteiger partial charge in [-0.15, -0.1) is 11.3 Å². The summed E-state index contributed by atoms with van der Waals surface area (Å²) in [6, 6.07) is 16.9. The highest BCUT2D eigenvalue weighted by Crippen LogP contribution is 2.38. The number of hydrazone groups is 1. The second-order valence-electron chi connectivity index (χ2n) is 11.7. The van der Waals surface area contributed by atoms with E-state index in [1.165, 1.54) is 21.6 Å². The molecule has 7 nitrogen and oxygen atoms in total. The molecule has 3 aromatic heterocycles.